The normalized spacial score (nSPS) is 13.3. The maximum absolute atomic E-state index is 12.1. The lowest BCUT2D eigenvalue weighted by molar-refractivity contribution is -0.143. The monoisotopic (exact) mass is 366 g/mol. The number of carboxylic acids is 1. The van der Waals surface area contributed by atoms with Gasteiger partial charge in [0.2, 0.25) is 5.91 Å². The molecular weight excluding hydrogens is 348 g/mol. The van der Waals surface area contributed by atoms with E-state index in [1.165, 1.54) is 11.3 Å². The van der Waals surface area contributed by atoms with Crippen molar-refractivity contribution in [2.24, 2.45) is 5.92 Å². The van der Waals surface area contributed by atoms with Gasteiger partial charge in [-0.05, 0) is 18.1 Å². The molecule has 1 amide bonds. The lowest BCUT2D eigenvalue weighted by atomic mass is 9.99. The van der Waals surface area contributed by atoms with Gasteiger partial charge in [0.25, 0.3) is 0 Å². The summed E-state index contributed by atoms with van der Waals surface area (Å²) in [5, 5.41) is 15.1. The van der Waals surface area contributed by atoms with E-state index in [1.54, 1.807) is 19.1 Å². The maximum atomic E-state index is 12.1. The van der Waals surface area contributed by atoms with Crippen molar-refractivity contribution >= 4 is 34.8 Å². The number of carboxylic acid groups (broad SMARTS) is 1. The number of hydrogen-bond donors (Lipinski definition) is 2. The molecule has 0 bridgehead atoms. The standard InChI is InChI=1S/C17H19ClN2O3S/c1-3-10(2)15(17(22)23)20-14(21)8-13-9-24-16(19-13)11-4-6-12(18)7-5-11/h4-7,9-10,15H,3,8H2,1-2H3,(H,20,21)(H,22,23)/t10-,15-/m0/s1. The van der Waals surface area contributed by atoms with Crippen LogP contribution in [0.1, 0.15) is 26.0 Å². The molecule has 1 aromatic carbocycles. The van der Waals surface area contributed by atoms with Crippen molar-refractivity contribution in [3.05, 3.63) is 40.4 Å². The summed E-state index contributed by atoms with van der Waals surface area (Å²) in [4.78, 5) is 27.8. The smallest absolute Gasteiger partial charge is 0.326 e. The second-order valence-corrected chi connectivity index (χ2v) is 6.89. The zero-order valence-corrected chi connectivity index (χ0v) is 15.0. The van der Waals surface area contributed by atoms with Crippen molar-refractivity contribution in [2.75, 3.05) is 0 Å². The van der Waals surface area contributed by atoms with Gasteiger partial charge in [-0.3, -0.25) is 4.79 Å². The maximum Gasteiger partial charge on any atom is 0.326 e. The number of hydrogen-bond acceptors (Lipinski definition) is 4. The fourth-order valence-electron chi connectivity index (χ4n) is 2.19. The molecule has 0 aliphatic carbocycles. The van der Waals surface area contributed by atoms with Crippen LogP contribution in [0.3, 0.4) is 0 Å². The van der Waals surface area contributed by atoms with Crippen LogP contribution >= 0.6 is 22.9 Å². The molecule has 0 saturated heterocycles. The first-order valence-electron chi connectivity index (χ1n) is 7.63. The summed E-state index contributed by atoms with van der Waals surface area (Å²) in [6, 6.07) is 6.43. The van der Waals surface area contributed by atoms with Gasteiger partial charge in [0.15, 0.2) is 0 Å². The number of halogens is 1. The van der Waals surface area contributed by atoms with Crippen LogP contribution in [0.15, 0.2) is 29.6 Å². The molecule has 0 aliphatic rings. The molecular formula is C17H19ClN2O3S. The molecule has 128 valence electrons. The number of aliphatic carboxylic acids is 1. The van der Waals surface area contributed by atoms with Crippen molar-refractivity contribution in [1.82, 2.24) is 10.3 Å². The third-order valence-corrected chi connectivity index (χ3v) is 4.97. The Morgan fingerprint density at radius 3 is 2.58 bits per heavy atom. The van der Waals surface area contributed by atoms with Gasteiger partial charge >= 0.3 is 5.97 Å². The molecule has 1 heterocycles. The summed E-state index contributed by atoms with van der Waals surface area (Å²) in [6.07, 6.45) is 0.735. The molecule has 2 atom stereocenters. The number of carbonyl (C=O) groups excluding carboxylic acids is 1. The third kappa shape index (κ3) is 4.79. The molecule has 0 fully saturated rings. The number of amides is 1. The van der Waals surface area contributed by atoms with Crippen LogP contribution in [0.25, 0.3) is 10.6 Å². The van der Waals surface area contributed by atoms with E-state index in [0.717, 1.165) is 10.6 Å². The van der Waals surface area contributed by atoms with E-state index < -0.39 is 12.0 Å². The number of aromatic nitrogens is 1. The summed E-state index contributed by atoms with van der Waals surface area (Å²) in [5.74, 6) is -1.49. The Morgan fingerprint density at radius 2 is 2.00 bits per heavy atom. The Balaban J connectivity index is 2.02. The zero-order valence-electron chi connectivity index (χ0n) is 13.5. The van der Waals surface area contributed by atoms with Crippen LogP contribution in [0.5, 0.6) is 0 Å². The minimum Gasteiger partial charge on any atom is -0.480 e. The molecule has 2 aromatic rings. The Kier molecular flexibility index (Phi) is 6.34. The van der Waals surface area contributed by atoms with E-state index in [2.05, 4.69) is 10.3 Å². The molecule has 7 heteroatoms. The third-order valence-electron chi connectivity index (χ3n) is 3.78. The van der Waals surface area contributed by atoms with Crippen molar-refractivity contribution in [3.63, 3.8) is 0 Å². The SMILES string of the molecule is CC[C@H](C)[C@H](NC(=O)Cc1csc(-c2ccc(Cl)cc2)n1)C(=O)O. The van der Waals surface area contributed by atoms with Gasteiger partial charge in [-0.25, -0.2) is 9.78 Å². The molecule has 2 N–H and O–H groups in total. The molecule has 5 nitrogen and oxygen atoms in total. The Bertz CT molecular complexity index is 715. The van der Waals surface area contributed by atoms with Gasteiger partial charge in [-0.15, -0.1) is 11.3 Å². The summed E-state index contributed by atoms with van der Waals surface area (Å²) < 4.78 is 0. The van der Waals surface area contributed by atoms with Crippen LogP contribution in [0.2, 0.25) is 5.02 Å². The van der Waals surface area contributed by atoms with Crippen LogP contribution < -0.4 is 5.32 Å². The lowest BCUT2D eigenvalue weighted by Gasteiger charge is -2.19. The second kappa shape index (κ2) is 8.26. The van der Waals surface area contributed by atoms with Crippen molar-refractivity contribution < 1.29 is 14.7 Å². The second-order valence-electron chi connectivity index (χ2n) is 5.60. The Labute approximate surface area is 149 Å². The minimum atomic E-state index is -1.02. The topological polar surface area (TPSA) is 79.3 Å². The number of thiazole rings is 1. The molecule has 0 unspecified atom stereocenters. The molecule has 0 saturated carbocycles. The first-order valence-corrected chi connectivity index (χ1v) is 8.89. The largest absolute Gasteiger partial charge is 0.480 e. The molecule has 1 aromatic heterocycles. The Morgan fingerprint density at radius 1 is 1.33 bits per heavy atom. The number of rotatable bonds is 7. The van der Waals surface area contributed by atoms with Gasteiger partial charge in [0.05, 0.1) is 12.1 Å². The van der Waals surface area contributed by atoms with E-state index in [1.807, 2.05) is 24.4 Å². The first-order chi connectivity index (χ1) is 11.4. The lowest BCUT2D eigenvalue weighted by Crippen LogP contribution is -2.45. The summed E-state index contributed by atoms with van der Waals surface area (Å²) in [5.41, 5.74) is 1.55. The summed E-state index contributed by atoms with van der Waals surface area (Å²) in [6.45, 7) is 3.70. The van der Waals surface area contributed by atoms with Gasteiger partial charge in [0.1, 0.15) is 11.0 Å². The van der Waals surface area contributed by atoms with Crippen molar-refractivity contribution in [1.29, 1.82) is 0 Å². The Hall–Kier alpha value is -1.92. The van der Waals surface area contributed by atoms with Crippen LogP contribution in [-0.2, 0) is 16.0 Å². The van der Waals surface area contributed by atoms with E-state index >= 15 is 0 Å². The average Bonchev–Trinajstić information content (AvgIpc) is 3.00. The van der Waals surface area contributed by atoms with Gasteiger partial charge in [-0.2, -0.15) is 0 Å². The quantitative estimate of drug-likeness (QED) is 0.784. The predicted octanol–water partition coefficient (Wildman–Crippen LogP) is 3.62. The van der Waals surface area contributed by atoms with Gasteiger partial charge in [-0.1, -0.05) is 44.0 Å². The minimum absolute atomic E-state index is 0.0598. The van der Waals surface area contributed by atoms with Crippen LogP contribution in [-0.4, -0.2) is 28.0 Å². The highest BCUT2D eigenvalue weighted by atomic mass is 35.5. The van der Waals surface area contributed by atoms with E-state index in [0.29, 0.717) is 17.1 Å². The average molecular weight is 367 g/mol. The van der Waals surface area contributed by atoms with Crippen molar-refractivity contribution in [2.45, 2.75) is 32.7 Å². The van der Waals surface area contributed by atoms with Crippen LogP contribution in [0, 0.1) is 5.92 Å². The van der Waals surface area contributed by atoms with Gasteiger partial charge in [0, 0.05) is 16.0 Å². The van der Waals surface area contributed by atoms with Crippen molar-refractivity contribution in [3.8, 4) is 10.6 Å². The molecule has 0 radical (unpaired) electrons. The summed E-state index contributed by atoms with van der Waals surface area (Å²) in [7, 11) is 0. The number of nitrogens with zero attached hydrogens (tertiary/aromatic N) is 1. The zero-order chi connectivity index (χ0) is 17.7. The number of carbonyl (C=O) groups is 2. The molecule has 0 aliphatic heterocycles. The van der Waals surface area contributed by atoms with Crippen LogP contribution in [0.4, 0.5) is 0 Å². The van der Waals surface area contributed by atoms with E-state index in [9.17, 15) is 14.7 Å². The first kappa shape index (κ1) is 18.4. The fourth-order valence-corrected chi connectivity index (χ4v) is 3.14. The fraction of sp³-hybridized carbons (Fsp3) is 0.353. The highest BCUT2D eigenvalue weighted by Gasteiger charge is 2.25. The molecule has 2 rings (SSSR count). The predicted molar refractivity (Wildman–Crippen MR) is 95.3 cm³/mol. The molecule has 0 spiro atoms. The van der Waals surface area contributed by atoms with E-state index in [4.69, 9.17) is 11.6 Å². The number of nitrogens with one attached hydrogen (secondary N) is 1. The highest BCUT2D eigenvalue weighted by Crippen LogP contribution is 2.25. The van der Waals surface area contributed by atoms with E-state index in [-0.39, 0.29) is 18.2 Å². The van der Waals surface area contributed by atoms with Gasteiger partial charge < -0.3 is 10.4 Å². The number of benzene rings is 1. The highest BCUT2D eigenvalue weighted by molar-refractivity contribution is 7.13. The molecule has 24 heavy (non-hydrogen) atoms. The summed E-state index contributed by atoms with van der Waals surface area (Å²) >= 11 is 7.30.